The van der Waals surface area contributed by atoms with Gasteiger partial charge in [0.15, 0.2) is 18.2 Å². The van der Waals surface area contributed by atoms with Crippen molar-refractivity contribution in [2.24, 2.45) is 0 Å². The van der Waals surface area contributed by atoms with Crippen LogP contribution in [0.1, 0.15) is 49.5 Å². The van der Waals surface area contributed by atoms with Crippen LogP contribution in [0.4, 0.5) is 28.2 Å². The summed E-state index contributed by atoms with van der Waals surface area (Å²) < 4.78 is 72.3. The van der Waals surface area contributed by atoms with Crippen LogP contribution in [0.3, 0.4) is 0 Å². The van der Waals surface area contributed by atoms with Gasteiger partial charge in [0.05, 0.1) is 24.6 Å². The van der Waals surface area contributed by atoms with Crippen molar-refractivity contribution in [1.29, 1.82) is 0 Å². The number of benzene rings is 1. The molecule has 1 aliphatic heterocycles. The molecule has 16 heteroatoms. The van der Waals surface area contributed by atoms with Crippen LogP contribution in [-0.2, 0) is 11.3 Å². The van der Waals surface area contributed by atoms with Gasteiger partial charge in [0.2, 0.25) is 5.88 Å². The zero-order chi connectivity index (χ0) is 36.7. The number of piperidine rings is 1. The second-order valence-corrected chi connectivity index (χ2v) is 12.6. The summed E-state index contributed by atoms with van der Waals surface area (Å²) in [5.74, 6) is -2.56. The first-order chi connectivity index (χ1) is 24.3. The van der Waals surface area contributed by atoms with Crippen molar-refractivity contribution >= 4 is 17.8 Å². The monoisotopic (exact) mass is 711 g/mol. The molecule has 0 aliphatic carbocycles. The molecular weight excluding hydrogens is 674 g/mol. The van der Waals surface area contributed by atoms with Crippen molar-refractivity contribution in [3.8, 4) is 34.3 Å². The number of ether oxygens (including phenoxy) is 3. The van der Waals surface area contributed by atoms with E-state index in [1.165, 1.54) is 29.3 Å². The van der Waals surface area contributed by atoms with Crippen LogP contribution in [0.15, 0.2) is 54.9 Å². The highest BCUT2D eigenvalue weighted by atomic mass is 19.3. The Morgan fingerprint density at radius 2 is 1.78 bits per heavy atom. The summed E-state index contributed by atoms with van der Waals surface area (Å²) in [6, 6.07) is 10.5. The number of carbonyl (C=O) groups excluding carboxylic acids is 2. The average Bonchev–Trinajstić information content (AvgIpc) is 3.10. The molecule has 1 aliphatic rings. The van der Waals surface area contributed by atoms with Gasteiger partial charge in [-0.15, -0.1) is 0 Å². The predicted molar refractivity (Wildman–Crippen MR) is 179 cm³/mol. The van der Waals surface area contributed by atoms with Crippen molar-refractivity contribution in [2.75, 3.05) is 32.1 Å². The fraction of sp³-hybridized carbons (Fsp3) is 0.371. The summed E-state index contributed by atoms with van der Waals surface area (Å²) >= 11 is 0. The first kappa shape index (κ1) is 36.7. The maximum absolute atomic E-state index is 16.2. The van der Waals surface area contributed by atoms with Crippen LogP contribution in [0, 0.1) is 11.8 Å². The SMILES string of the molecule is COc1ccc(CNc2ncc(-c3nc(-c4ccc(OCC(F)F)nc4)cc(C(=O)N[C@@H]4CCCN(C(=O)OC(C)(C)C)C4)c3F)nc2F)cc1. The summed E-state index contributed by atoms with van der Waals surface area (Å²) in [4.78, 5) is 44.1. The third kappa shape index (κ3) is 9.80. The molecule has 1 aromatic carbocycles. The van der Waals surface area contributed by atoms with E-state index in [2.05, 4.69) is 30.6 Å². The summed E-state index contributed by atoms with van der Waals surface area (Å²) in [7, 11) is 1.54. The molecule has 4 heterocycles. The van der Waals surface area contributed by atoms with Crippen molar-refractivity contribution in [3.63, 3.8) is 0 Å². The Kier molecular flexibility index (Phi) is 11.5. The van der Waals surface area contributed by atoms with Gasteiger partial charge in [-0.2, -0.15) is 4.39 Å². The number of methoxy groups -OCH3 is 1. The number of likely N-dealkylation sites (tertiary alicyclic amines) is 1. The molecule has 0 spiro atoms. The van der Waals surface area contributed by atoms with Crippen LogP contribution in [0.25, 0.3) is 22.6 Å². The third-order valence-corrected chi connectivity index (χ3v) is 7.59. The van der Waals surface area contributed by atoms with Gasteiger partial charge in [-0.25, -0.2) is 37.9 Å². The van der Waals surface area contributed by atoms with E-state index in [0.717, 1.165) is 11.8 Å². The highest BCUT2D eigenvalue weighted by Crippen LogP contribution is 2.29. The number of rotatable bonds is 11. The highest BCUT2D eigenvalue weighted by Gasteiger charge is 2.30. The molecule has 0 saturated carbocycles. The molecule has 1 atom stereocenters. The molecule has 51 heavy (non-hydrogen) atoms. The Bertz CT molecular complexity index is 1840. The molecule has 12 nitrogen and oxygen atoms in total. The number of nitrogens with one attached hydrogen (secondary N) is 2. The van der Waals surface area contributed by atoms with Gasteiger partial charge in [0.25, 0.3) is 18.3 Å². The Morgan fingerprint density at radius 3 is 2.43 bits per heavy atom. The van der Waals surface area contributed by atoms with Gasteiger partial charge < -0.3 is 29.7 Å². The Balaban J connectivity index is 1.43. The lowest BCUT2D eigenvalue weighted by molar-refractivity contribution is 0.0185. The van der Waals surface area contributed by atoms with Gasteiger partial charge in [-0.05, 0) is 63.4 Å². The minimum Gasteiger partial charge on any atom is -0.497 e. The largest absolute Gasteiger partial charge is 0.497 e. The smallest absolute Gasteiger partial charge is 0.410 e. The molecular formula is C35H37F4N7O5. The summed E-state index contributed by atoms with van der Waals surface area (Å²) in [5, 5.41) is 5.63. The fourth-order valence-corrected chi connectivity index (χ4v) is 5.16. The number of amides is 2. The third-order valence-electron chi connectivity index (χ3n) is 7.59. The van der Waals surface area contributed by atoms with Crippen LogP contribution in [-0.4, -0.2) is 81.7 Å². The van der Waals surface area contributed by atoms with E-state index in [9.17, 15) is 18.4 Å². The molecule has 2 amide bonds. The molecule has 0 unspecified atom stereocenters. The van der Waals surface area contributed by atoms with E-state index in [1.807, 2.05) is 0 Å². The van der Waals surface area contributed by atoms with Crippen molar-refractivity contribution < 1.29 is 41.4 Å². The summed E-state index contributed by atoms with van der Waals surface area (Å²) in [6.45, 7) is 5.15. The Labute approximate surface area is 291 Å². The number of anilines is 1. The molecule has 1 fully saturated rings. The zero-order valence-electron chi connectivity index (χ0n) is 28.4. The lowest BCUT2D eigenvalue weighted by atomic mass is 10.0. The van der Waals surface area contributed by atoms with E-state index in [4.69, 9.17) is 14.2 Å². The number of nitrogens with zero attached hydrogens (tertiary/aromatic N) is 5. The standard InChI is InChI=1S/C35H37F4N7O5/c1-35(2,3)51-34(48)46-13-5-6-22(18-46)43-33(47)24-14-25(21-9-12-28(40-16-21)50-19-27(36)37)44-30(29(24)38)26-17-42-32(31(39)45-26)41-15-20-7-10-23(49-4)11-8-20/h7-12,14,16-17,22,27H,5-6,13,15,18-19H2,1-4H3,(H,41,42)(H,43,47)/t22-/m1/s1. The minimum atomic E-state index is -2.71. The number of halogens is 4. The van der Waals surface area contributed by atoms with Crippen LogP contribution >= 0.6 is 0 Å². The topological polar surface area (TPSA) is 141 Å². The van der Waals surface area contributed by atoms with Gasteiger partial charge in [0, 0.05) is 43.5 Å². The van der Waals surface area contributed by atoms with Crippen LogP contribution in [0.2, 0.25) is 0 Å². The summed E-state index contributed by atoms with van der Waals surface area (Å²) in [6.07, 6.45) is 0.222. The zero-order valence-corrected chi connectivity index (χ0v) is 28.4. The molecule has 4 aromatic rings. The van der Waals surface area contributed by atoms with E-state index in [0.29, 0.717) is 25.1 Å². The van der Waals surface area contributed by atoms with Gasteiger partial charge in [0.1, 0.15) is 22.7 Å². The molecule has 270 valence electrons. The normalized spacial score (nSPS) is 14.6. The maximum atomic E-state index is 16.2. The Morgan fingerprint density at radius 1 is 1.02 bits per heavy atom. The van der Waals surface area contributed by atoms with E-state index < -0.39 is 59.7 Å². The maximum Gasteiger partial charge on any atom is 0.410 e. The van der Waals surface area contributed by atoms with Gasteiger partial charge in [-0.1, -0.05) is 12.1 Å². The van der Waals surface area contributed by atoms with Crippen molar-refractivity contribution in [3.05, 3.63) is 77.8 Å². The first-order valence-corrected chi connectivity index (χ1v) is 16.1. The highest BCUT2D eigenvalue weighted by molar-refractivity contribution is 5.97. The quantitative estimate of drug-likeness (QED) is 0.171. The number of alkyl halides is 2. The number of hydrogen-bond donors (Lipinski definition) is 2. The van der Waals surface area contributed by atoms with E-state index in [1.54, 1.807) is 52.1 Å². The van der Waals surface area contributed by atoms with Crippen LogP contribution < -0.4 is 20.1 Å². The van der Waals surface area contributed by atoms with E-state index in [-0.39, 0.29) is 41.7 Å². The second-order valence-electron chi connectivity index (χ2n) is 12.6. The second kappa shape index (κ2) is 16.0. The molecule has 3 aromatic heterocycles. The molecule has 0 radical (unpaired) electrons. The Hall–Kier alpha value is -5.54. The van der Waals surface area contributed by atoms with Crippen molar-refractivity contribution in [2.45, 2.75) is 58.2 Å². The number of pyridine rings is 2. The van der Waals surface area contributed by atoms with E-state index >= 15 is 8.78 Å². The van der Waals surface area contributed by atoms with Crippen molar-refractivity contribution in [1.82, 2.24) is 30.2 Å². The number of carbonyl (C=O) groups is 2. The molecule has 2 N–H and O–H groups in total. The molecule has 1 saturated heterocycles. The molecule has 5 rings (SSSR count). The average molecular weight is 712 g/mol. The number of hydrogen-bond acceptors (Lipinski definition) is 10. The minimum absolute atomic E-state index is 0.0485. The first-order valence-electron chi connectivity index (χ1n) is 16.1. The van der Waals surface area contributed by atoms with Gasteiger partial charge >= 0.3 is 6.09 Å². The molecule has 0 bridgehead atoms. The fourth-order valence-electron chi connectivity index (χ4n) is 5.16. The van der Waals surface area contributed by atoms with Gasteiger partial charge in [-0.3, -0.25) is 4.79 Å². The lowest BCUT2D eigenvalue weighted by Gasteiger charge is -2.34. The predicted octanol–water partition coefficient (Wildman–Crippen LogP) is 6.27. The van der Waals surface area contributed by atoms with Crippen LogP contribution in [0.5, 0.6) is 11.6 Å². The lowest BCUT2D eigenvalue weighted by Crippen LogP contribution is -2.50. The number of aromatic nitrogens is 4. The summed E-state index contributed by atoms with van der Waals surface area (Å²) in [5.41, 5.74) is -0.788.